The molecule has 0 aliphatic carbocycles. The maximum Gasteiger partial charge on any atom is 0.283 e. The molecule has 0 unspecified atom stereocenters. The number of nitrogens with one attached hydrogen (secondary N) is 1. The van der Waals surface area contributed by atoms with Gasteiger partial charge in [0.25, 0.3) is 5.24 Å². The first-order chi connectivity index (χ1) is 14.2. The summed E-state index contributed by atoms with van der Waals surface area (Å²) in [7, 11) is 0. The molecule has 166 valence electrons. The maximum atomic E-state index is 11.9. The summed E-state index contributed by atoms with van der Waals surface area (Å²) in [6.45, 7) is 2.28. The minimum absolute atomic E-state index is 0.00762. The van der Waals surface area contributed by atoms with Crippen molar-refractivity contribution in [2.45, 2.75) is 110 Å². The number of anilines is 1. The number of carbonyl (C=O) groups is 1. The molecule has 0 saturated heterocycles. The van der Waals surface area contributed by atoms with Gasteiger partial charge in [-0.05, 0) is 24.6 Å². The van der Waals surface area contributed by atoms with Crippen molar-refractivity contribution in [1.82, 2.24) is 0 Å². The van der Waals surface area contributed by atoms with Crippen LogP contribution >= 0.6 is 23.4 Å². The summed E-state index contributed by atoms with van der Waals surface area (Å²) in [6.07, 6.45) is 22.0. The number of thioether (sulfide) groups is 1. The Morgan fingerprint density at radius 2 is 1.28 bits per heavy atom. The molecule has 0 heterocycles. The summed E-state index contributed by atoms with van der Waals surface area (Å²) >= 11 is 7.30. The van der Waals surface area contributed by atoms with Gasteiger partial charge in [0.2, 0.25) is 0 Å². The minimum Gasteiger partial charge on any atom is -0.317 e. The fraction of sp³-hybridized carbons (Fsp3) is 0.720. The molecule has 0 aliphatic rings. The van der Waals surface area contributed by atoms with Crippen molar-refractivity contribution >= 4 is 34.3 Å². The first kappa shape index (κ1) is 26.4. The average molecular weight is 440 g/mol. The molecule has 2 nitrogen and oxygen atoms in total. The predicted molar refractivity (Wildman–Crippen MR) is 132 cm³/mol. The number of rotatable bonds is 18. The van der Waals surface area contributed by atoms with Crippen molar-refractivity contribution in [3.63, 3.8) is 0 Å². The maximum absolute atomic E-state index is 11.9. The molecule has 4 heteroatoms. The first-order valence-corrected chi connectivity index (χ1v) is 13.3. The van der Waals surface area contributed by atoms with Crippen molar-refractivity contribution in [2.24, 2.45) is 0 Å². The molecule has 1 aromatic rings. The zero-order chi connectivity index (χ0) is 21.0. The number of benzene rings is 1. The lowest BCUT2D eigenvalue weighted by Gasteiger charge is -2.05. The van der Waals surface area contributed by atoms with E-state index >= 15 is 0 Å². The van der Waals surface area contributed by atoms with E-state index in [2.05, 4.69) is 12.2 Å². The molecule has 0 atom stereocenters. The number of hydrogen-bond donors (Lipinski definition) is 1. The lowest BCUT2D eigenvalue weighted by atomic mass is 10.0. The zero-order valence-electron chi connectivity index (χ0n) is 18.5. The Bertz CT molecular complexity index is 523. The van der Waals surface area contributed by atoms with Gasteiger partial charge in [0, 0.05) is 16.5 Å². The second-order valence-corrected chi connectivity index (χ2v) is 9.58. The lowest BCUT2D eigenvalue weighted by molar-refractivity contribution is 0.269. The van der Waals surface area contributed by atoms with E-state index in [1.807, 2.05) is 12.1 Å². The van der Waals surface area contributed by atoms with Gasteiger partial charge in [0.15, 0.2) is 0 Å². The van der Waals surface area contributed by atoms with Crippen LogP contribution in [0.25, 0.3) is 0 Å². The van der Waals surface area contributed by atoms with Crippen LogP contribution in [0.2, 0.25) is 5.02 Å². The molecule has 0 fully saturated rings. The number of carbonyl (C=O) groups excluding carboxylic acids is 1. The first-order valence-electron chi connectivity index (χ1n) is 11.9. The monoisotopic (exact) mass is 439 g/mol. The summed E-state index contributed by atoms with van der Waals surface area (Å²) in [4.78, 5) is 11.9. The van der Waals surface area contributed by atoms with Crippen LogP contribution in [-0.2, 0) is 0 Å². The molecule has 0 aliphatic heterocycles. The lowest BCUT2D eigenvalue weighted by Crippen LogP contribution is -2.05. The van der Waals surface area contributed by atoms with Gasteiger partial charge in [-0.2, -0.15) is 0 Å². The van der Waals surface area contributed by atoms with E-state index in [-0.39, 0.29) is 5.24 Å². The smallest absolute Gasteiger partial charge is 0.283 e. The van der Waals surface area contributed by atoms with Gasteiger partial charge in [0.05, 0.1) is 0 Å². The molecular formula is C25H42ClNOS. The second-order valence-electron chi connectivity index (χ2n) is 8.07. The van der Waals surface area contributed by atoms with Crippen LogP contribution < -0.4 is 5.32 Å². The molecule has 0 aromatic heterocycles. The number of hydrogen-bond acceptors (Lipinski definition) is 2. The van der Waals surface area contributed by atoms with Crippen LogP contribution in [0, 0.1) is 0 Å². The fourth-order valence-electron chi connectivity index (χ4n) is 3.54. The van der Waals surface area contributed by atoms with Crippen molar-refractivity contribution < 1.29 is 4.79 Å². The van der Waals surface area contributed by atoms with Crippen LogP contribution in [0.1, 0.15) is 110 Å². The topological polar surface area (TPSA) is 29.1 Å². The van der Waals surface area contributed by atoms with Gasteiger partial charge >= 0.3 is 0 Å². The largest absolute Gasteiger partial charge is 0.317 e. The quantitative estimate of drug-likeness (QED) is 0.230. The van der Waals surface area contributed by atoms with E-state index in [4.69, 9.17) is 11.6 Å². The highest BCUT2D eigenvalue weighted by atomic mass is 35.5. The molecule has 0 radical (unpaired) electrons. The standard InChI is InChI=1S/C25H42ClNOS/c1-2-3-4-5-6-7-8-9-10-11-12-13-14-15-16-17-21-29-25(28)27-24-20-18-19-23(26)22-24/h18-20,22H,2-17,21H2,1H3,(H,27,28). The van der Waals surface area contributed by atoms with Gasteiger partial charge in [-0.1, -0.05) is 133 Å². The Labute approximate surface area is 189 Å². The Morgan fingerprint density at radius 3 is 1.76 bits per heavy atom. The van der Waals surface area contributed by atoms with E-state index in [1.165, 1.54) is 108 Å². The van der Waals surface area contributed by atoms with E-state index in [9.17, 15) is 4.79 Å². The molecule has 0 saturated carbocycles. The molecule has 29 heavy (non-hydrogen) atoms. The average Bonchev–Trinajstić information content (AvgIpc) is 2.70. The molecule has 1 N–H and O–H groups in total. The van der Waals surface area contributed by atoms with Crippen LogP contribution in [0.5, 0.6) is 0 Å². The molecule has 0 spiro atoms. The van der Waals surface area contributed by atoms with Crippen LogP contribution in [-0.4, -0.2) is 11.0 Å². The third-order valence-electron chi connectivity index (χ3n) is 5.30. The highest BCUT2D eigenvalue weighted by molar-refractivity contribution is 8.13. The van der Waals surface area contributed by atoms with Gasteiger partial charge < -0.3 is 5.32 Å². The van der Waals surface area contributed by atoms with Crippen LogP contribution in [0.15, 0.2) is 24.3 Å². The highest BCUT2D eigenvalue weighted by Gasteiger charge is 2.03. The second kappa shape index (κ2) is 19.3. The highest BCUT2D eigenvalue weighted by Crippen LogP contribution is 2.18. The minimum atomic E-state index is 0.00762. The zero-order valence-corrected chi connectivity index (χ0v) is 20.1. The Balaban J connectivity index is 1.78. The van der Waals surface area contributed by atoms with Gasteiger partial charge in [0.1, 0.15) is 0 Å². The third-order valence-corrected chi connectivity index (χ3v) is 6.39. The van der Waals surface area contributed by atoms with E-state index in [0.29, 0.717) is 5.02 Å². The van der Waals surface area contributed by atoms with Crippen molar-refractivity contribution in [3.8, 4) is 0 Å². The van der Waals surface area contributed by atoms with Gasteiger partial charge in [-0.3, -0.25) is 4.79 Å². The Hall–Kier alpha value is -0.670. The number of amides is 1. The molecule has 0 bridgehead atoms. The predicted octanol–water partition coefficient (Wildman–Crippen LogP) is 9.87. The van der Waals surface area contributed by atoms with Crippen molar-refractivity contribution in [1.29, 1.82) is 0 Å². The normalized spacial score (nSPS) is 11.0. The van der Waals surface area contributed by atoms with E-state index in [1.54, 1.807) is 12.1 Å². The van der Waals surface area contributed by atoms with Crippen molar-refractivity contribution in [3.05, 3.63) is 29.3 Å². The Kier molecular flexibility index (Phi) is 17.5. The number of halogens is 1. The molecule has 1 amide bonds. The molecule has 1 aromatic carbocycles. The van der Waals surface area contributed by atoms with Crippen LogP contribution in [0.4, 0.5) is 10.5 Å². The summed E-state index contributed by atoms with van der Waals surface area (Å²) in [5, 5.41) is 3.53. The summed E-state index contributed by atoms with van der Waals surface area (Å²) in [6, 6.07) is 7.28. The molecular weight excluding hydrogens is 398 g/mol. The third kappa shape index (κ3) is 16.8. The summed E-state index contributed by atoms with van der Waals surface area (Å²) < 4.78 is 0. The number of unbranched alkanes of at least 4 members (excludes halogenated alkanes) is 15. The molecule has 1 rings (SSSR count). The van der Waals surface area contributed by atoms with E-state index in [0.717, 1.165) is 17.9 Å². The SMILES string of the molecule is CCCCCCCCCCCCCCCCCCSC(=O)Nc1cccc(Cl)c1. The summed E-state index contributed by atoms with van der Waals surface area (Å²) in [5.74, 6) is 0.894. The van der Waals surface area contributed by atoms with Gasteiger partial charge in [-0.15, -0.1) is 0 Å². The van der Waals surface area contributed by atoms with E-state index < -0.39 is 0 Å². The Morgan fingerprint density at radius 1 is 0.793 bits per heavy atom. The fourth-order valence-corrected chi connectivity index (χ4v) is 4.45. The van der Waals surface area contributed by atoms with Gasteiger partial charge in [-0.25, -0.2) is 0 Å². The summed E-state index contributed by atoms with van der Waals surface area (Å²) in [5.41, 5.74) is 0.766. The van der Waals surface area contributed by atoms with Crippen LogP contribution in [0.3, 0.4) is 0 Å². The van der Waals surface area contributed by atoms with Crippen molar-refractivity contribution in [2.75, 3.05) is 11.1 Å².